The van der Waals surface area contributed by atoms with Crippen molar-refractivity contribution in [2.75, 3.05) is 13.1 Å². The Balaban J connectivity index is 0.000000295. The first kappa shape index (κ1) is 18.4. The molecule has 0 radical (unpaired) electrons. The molecule has 0 bridgehead atoms. The Kier molecular flexibility index (Phi) is 6.29. The Labute approximate surface area is 129 Å². The molecule has 2 N–H and O–H groups in total. The van der Waals surface area contributed by atoms with Crippen LogP contribution in [0.3, 0.4) is 0 Å². The highest BCUT2D eigenvalue weighted by Crippen LogP contribution is 2.38. The zero-order valence-electron chi connectivity index (χ0n) is 13.1. The number of aromatic hydroxyl groups is 1. The second kappa shape index (κ2) is 7.54. The highest BCUT2D eigenvalue weighted by Gasteiger charge is 2.42. The summed E-state index contributed by atoms with van der Waals surface area (Å²) < 4.78 is 31.6. The van der Waals surface area contributed by atoms with E-state index in [0.29, 0.717) is 25.0 Å². The van der Waals surface area contributed by atoms with Crippen LogP contribution in [0.1, 0.15) is 38.7 Å². The summed E-state index contributed by atoms with van der Waals surface area (Å²) in [6.07, 6.45) is 0.428. The topological polar surface area (TPSA) is 58.6 Å². The van der Waals surface area contributed by atoms with Crippen LogP contribution in [0.4, 0.5) is 8.78 Å². The van der Waals surface area contributed by atoms with E-state index >= 15 is 0 Å². The van der Waals surface area contributed by atoms with Gasteiger partial charge in [-0.2, -0.15) is 0 Å². The normalized spacial score (nSPS) is 20.5. The van der Waals surface area contributed by atoms with Crippen molar-refractivity contribution in [2.24, 2.45) is 0 Å². The minimum Gasteiger partial charge on any atom is -0.508 e. The van der Waals surface area contributed by atoms with E-state index in [1.54, 1.807) is 12.1 Å². The molecule has 2 rings (SSSR count). The van der Waals surface area contributed by atoms with E-state index in [1.165, 1.54) is 12.1 Å². The van der Waals surface area contributed by atoms with Crippen molar-refractivity contribution < 1.29 is 23.4 Å². The van der Waals surface area contributed by atoms with Gasteiger partial charge in [-0.15, -0.1) is 0 Å². The van der Waals surface area contributed by atoms with Crippen LogP contribution < -0.4 is 5.32 Å². The van der Waals surface area contributed by atoms with Crippen molar-refractivity contribution >= 4 is 6.47 Å². The Morgan fingerprint density at radius 3 is 2.32 bits per heavy atom. The molecule has 0 aromatic heterocycles. The van der Waals surface area contributed by atoms with Crippen LogP contribution >= 0.6 is 0 Å². The molecule has 22 heavy (non-hydrogen) atoms. The van der Waals surface area contributed by atoms with E-state index in [-0.39, 0.29) is 17.9 Å². The molecule has 124 valence electrons. The first-order valence-corrected chi connectivity index (χ1v) is 7.14. The summed E-state index contributed by atoms with van der Waals surface area (Å²) in [4.78, 5) is 9.60. The highest BCUT2D eigenvalue weighted by atomic mass is 19.3. The van der Waals surface area contributed by atoms with E-state index in [9.17, 15) is 13.6 Å². The molecule has 1 aromatic rings. The third-order valence-corrected chi connectivity index (χ3v) is 3.18. The zero-order valence-corrected chi connectivity index (χ0v) is 13.1. The lowest BCUT2D eigenvalue weighted by molar-refractivity contribution is -0.138. The molecule has 1 aliphatic rings. The lowest BCUT2D eigenvalue weighted by atomic mass is 9.87. The fourth-order valence-electron chi connectivity index (χ4n) is 2.10. The third kappa shape index (κ3) is 5.97. The number of nitrogens with one attached hydrogen (secondary N) is 1. The largest absolute Gasteiger partial charge is 0.508 e. The van der Waals surface area contributed by atoms with Crippen molar-refractivity contribution in [3.63, 3.8) is 0 Å². The molecule has 0 spiro atoms. The second-order valence-electron chi connectivity index (χ2n) is 6.20. The molecular formula is C16H23F2NO3. The van der Waals surface area contributed by atoms with Gasteiger partial charge in [0.15, 0.2) is 0 Å². The summed E-state index contributed by atoms with van der Waals surface area (Å²) in [5.41, 5.74) is 0.279. The number of alkyl halides is 2. The number of hydrogen-bond acceptors (Lipinski definition) is 4. The molecule has 1 fully saturated rings. The molecule has 1 aromatic carbocycles. The van der Waals surface area contributed by atoms with Crippen molar-refractivity contribution in [2.45, 2.75) is 44.6 Å². The van der Waals surface area contributed by atoms with E-state index < -0.39 is 11.8 Å². The second-order valence-corrected chi connectivity index (χ2v) is 6.20. The Morgan fingerprint density at radius 1 is 1.32 bits per heavy atom. The summed E-state index contributed by atoms with van der Waals surface area (Å²) in [6.45, 7) is 6.27. The number of piperidine rings is 1. The number of phenols is 1. The zero-order chi connectivity index (χ0) is 16.8. The highest BCUT2D eigenvalue weighted by molar-refractivity contribution is 5.37. The van der Waals surface area contributed by atoms with Crippen LogP contribution in [-0.2, 0) is 9.53 Å². The van der Waals surface area contributed by atoms with E-state index in [2.05, 4.69) is 10.1 Å². The average molecular weight is 315 g/mol. The summed E-state index contributed by atoms with van der Waals surface area (Å²) >= 11 is 0. The molecule has 6 heteroatoms. The number of hydrogen-bond donors (Lipinski definition) is 2. The average Bonchev–Trinajstić information content (AvgIpc) is 2.39. The minimum absolute atomic E-state index is 0.107. The van der Waals surface area contributed by atoms with Crippen LogP contribution in [0.2, 0.25) is 0 Å². The standard InChI is InChI=1S/C11H13F2NO.C5H10O2/c12-11(13)7-14-6-5-10(11)8-1-3-9(15)4-2-8;1-5(2,3)7-4-6/h1-4,10,14-15H,5-7H2;4H,1-3H3. The van der Waals surface area contributed by atoms with Crippen LogP contribution in [0, 0.1) is 0 Å². The summed E-state index contributed by atoms with van der Waals surface area (Å²) in [5, 5.41) is 11.8. The van der Waals surface area contributed by atoms with Crippen molar-refractivity contribution in [1.82, 2.24) is 5.32 Å². The molecule has 1 atom stereocenters. The predicted octanol–water partition coefficient (Wildman–Crippen LogP) is 3.06. The number of rotatable bonds is 2. The van der Waals surface area contributed by atoms with Gasteiger partial charge in [-0.3, -0.25) is 4.79 Å². The van der Waals surface area contributed by atoms with Gasteiger partial charge < -0.3 is 15.2 Å². The van der Waals surface area contributed by atoms with Gasteiger partial charge in [0.05, 0.1) is 12.5 Å². The predicted molar refractivity (Wildman–Crippen MR) is 80.2 cm³/mol. The molecule has 1 heterocycles. The van der Waals surface area contributed by atoms with Gasteiger partial charge in [-0.1, -0.05) is 12.1 Å². The van der Waals surface area contributed by atoms with Gasteiger partial charge in [0.2, 0.25) is 0 Å². The number of benzene rings is 1. The molecule has 1 aliphatic heterocycles. The van der Waals surface area contributed by atoms with Gasteiger partial charge in [-0.25, -0.2) is 8.78 Å². The first-order chi connectivity index (χ1) is 10.2. The third-order valence-electron chi connectivity index (χ3n) is 3.18. The van der Waals surface area contributed by atoms with Gasteiger partial charge in [-0.05, 0) is 51.4 Å². The van der Waals surface area contributed by atoms with Crippen LogP contribution in [0.5, 0.6) is 5.75 Å². The molecule has 0 saturated carbocycles. The fourth-order valence-corrected chi connectivity index (χ4v) is 2.10. The van der Waals surface area contributed by atoms with E-state index in [0.717, 1.165) is 0 Å². The van der Waals surface area contributed by atoms with E-state index in [1.807, 2.05) is 20.8 Å². The maximum Gasteiger partial charge on any atom is 0.293 e. The van der Waals surface area contributed by atoms with Gasteiger partial charge in [0.1, 0.15) is 11.4 Å². The van der Waals surface area contributed by atoms with Crippen molar-refractivity contribution in [3.05, 3.63) is 29.8 Å². The van der Waals surface area contributed by atoms with E-state index in [4.69, 9.17) is 5.11 Å². The lowest BCUT2D eigenvalue weighted by Gasteiger charge is -2.32. The van der Waals surface area contributed by atoms with Crippen LogP contribution in [0.15, 0.2) is 24.3 Å². The lowest BCUT2D eigenvalue weighted by Crippen LogP contribution is -2.44. The molecule has 4 nitrogen and oxygen atoms in total. The van der Waals surface area contributed by atoms with Crippen molar-refractivity contribution in [3.8, 4) is 5.75 Å². The quantitative estimate of drug-likeness (QED) is 0.824. The number of carbonyl (C=O) groups excluding carboxylic acids is 1. The first-order valence-electron chi connectivity index (χ1n) is 7.14. The van der Waals surface area contributed by atoms with Crippen molar-refractivity contribution in [1.29, 1.82) is 0 Å². The monoisotopic (exact) mass is 315 g/mol. The molecule has 1 saturated heterocycles. The van der Waals surface area contributed by atoms with Crippen LogP contribution in [-0.4, -0.2) is 36.2 Å². The Morgan fingerprint density at radius 2 is 1.91 bits per heavy atom. The maximum absolute atomic E-state index is 13.5. The Hall–Kier alpha value is -1.69. The number of ether oxygens (including phenoxy) is 1. The smallest absolute Gasteiger partial charge is 0.293 e. The van der Waals surface area contributed by atoms with Gasteiger partial charge in [0.25, 0.3) is 12.4 Å². The number of halogens is 2. The molecule has 0 aliphatic carbocycles. The minimum atomic E-state index is -2.70. The fraction of sp³-hybridized carbons (Fsp3) is 0.562. The van der Waals surface area contributed by atoms with Gasteiger partial charge in [0, 0.05) is 0 Å². The number of phenolic OH excluding ortho intramolecular Hbond substituents is 1. The maximum atomic E-state index is 13.5. The molecular weight excluding hydrogens is 292 g/mol. The SMILES string of the molecule is CC(C)(C)OC=O.Oc1ccc(C2CCNCC2(F)F)cc1. The summed E-state index contributed by atoms with van der Waals surface area (Å²) in [7, 11) is 0. The van der Waals surface area contributed by atoms with Crippen LogP contribution in [0.25, 0.3) is 0 Å². The molecule has 1 unspecified atom stereocenters. The summed E-state index contributed by atoms with van der Waals surface area (Å²) in [6, 6.07) is 6.04. The summed E-state index contributed by atoms with van der Waals surface area (Å²) in [5.74, 6) is -3.33. The Bertz CT molecular complexity index is 469. The van der Waals surface area contributed by atoms with Gasteiger partial charge >= 0.3 is 0 Å². The molecule has 0 amide bonds. The number of carbonyl (C=O) groups is 1.